The van der Waals surface area contributed by atoms with Crippen molar-refractivity contribution >= 4 is 34.0 Å². The molecule has 0 saturated carbocycles. The molecule has 1 heterocycles. The minimum atomic E-state index is 0.386. The van der Waals surface area contributed by atoms with E-state index in [0.29, 0.717) is 14.5 Å². The number of hydrogen-bond donors (Lipinski definition) is 0. The van der Waals surface area contributed by atoms with Crippen LogP contribution in [-0.4, -0.2) is 19.5 Å². The molecule has 0 aliphatic rings. The van der Waals surface area contributed by atoms with Gasteiger partial charge in [0.15, 0.2) is 0 Å². The summed E-state index contributed by atoms with van der Waals surface area (Å²) in [7, 11) is 4.76. The molecule has 0 N–H and O–H groups in total. The molecule has 0 atom stereocenters. The van der Waals surface area contributed by atoms with Gasteiger partial charge in [0.05, 0.1) is 0 Å². The van der Waals surface area contributed by atoms with Gasteiger partial charge in [0, 0.05) is 0 Å². The van der Waals surface area contributed by atoms with E-state index in [1.165, 1.54) is 4.26 Å². The first kappa shape index (κ1) is 9.41. The first-order chi connectivity index (χ1) is 5.47. The average Bonchev–Trinajstić information content (AvgIpc) is 2.55. The predicted octanol–water partition coefficient (Wildman–Crippen LogP) is 1.78. The molecule has 0 radical (unpaired) electrons. The Balaban J connectivity index is 0.000000281. The van der Waals surface area contributed by atoms with Gasteiger partial charge < -0.3 is 0 Å². The second-order valence-electron chi connectivity index (χ2n) is 1.77. The van der Waals surface area contributed by atoms with E-state index >= 15 is 0 Å². The molecule has 0 spiro atoms. The Labute approximate surface area is 85.2 Å². The Morgan fingerprint density at radius 1 is 1.36 bits per heavy atom. The van der Waals surface area contributed by atoms with Gasteiger partial charge in [-0.05, 0) is 0 Å². The summed E-state index contributed by atoms with van der Waals surface area (Å²) < 4.78 is 1.35. The van der Waals surface area contributed by atoms with Gasteiger partial charge in [0.1, 0.15) is 0 Å². The first-order valence-electron chi connectivity index (χ1n) is 2.95. The van der Waals surface area contributed by atoms with Crippen LogP contribution < -0.4 is 0 Å². The standard InChI is InChI=1S/C7H4NSe.ClH.Zn/c1-2-4-7-6(3-1)8-5-9-7;;/h1-4H;1H;/q-1;;+2/p-1. The Morgan fingerprint density at radius 2 is 2.09 bits per heavy atom. The fraction of sp³-hybridized carbons (Fsp3) is 0. The number of para-hydroxylation sites is 1. The summed E-state index contributed by atoms with van der Waals surface area (Å²) in [6, 6.07) is 8.18. The molecule has 0 unspecified atom stereocenters. The number of halogens is 1. The molecule has 0 saturated heterocycles. The Bertz CT molecular complexity index is 292. The third kappa shape index (κ3) is 2.38. The molecule has 1 aromatic carbocycles. The maximum atomic E-state index is 4.76. The van der Waals surface area contributed by atoms with Gasteiger partial charge in [-0.25, -0.2) is 0 Å². The van der Waals surface area contributed by atoms with Crippen LogP contribution in [0.25, 0.3) is 9.78 Å². The quantitative estimate of drug-likeness (QED) is 0.530. The van der Waals surface area contributed by atoms with Crippen LogP contribution in [0.3, 0.4) is 0 Å². The molecule has 0 fully saturated rings. The van der Waals surface area contributed by atoms with E-state index in [4.69, 9.17) is 9.69 Å². The number of hydrogen-bond acceptors (Lipinski definition) is 1. The second kappa shape index (κ2) is 5.05. The van der Waals surface area contributed by atoms with Crippen molar-refractivity contribution < 1.29 is 17.3 Å². The van der Waals surface area contributed by atoms with Gasteiger partial charge in [-0.1, -0.05) is 0 Å². The van der Waals surface area contributed by atoms with Crippen molar-refractivity contribution in [1.82, 2.24) is 4.98 Å². The third-order valence-electron chi connectivity index (χ3n) is 1.19. The molecular weight excluding hydrogens is 278 g/mol. The van der Waals surface area contributed by atoms with E-state index in [1.54, 1.807) is 0 Å². The zero-order chi connectivity index (χ0) is 8.10. The number of aromatic nitrogens is 1. The van der Waals surface area contributed by atoms with E-state index in [-0.39, 0.29) is 0 Å². The van der Waals surface area contributed by atoms with Crippen molar-refractivity contribution in [2.24, 2.45) is 0 Å². The number of rotatable bonds is 0. The summed E-state index contributed by atoms with van der Waals surface area (Å²) in [5.74, 6) is 0. The Kier molecular flexibility index (Phi) is 4.32. The zero-order valence-electron chi connectivity index (χ0n) is 5.75. The molecule has 4 heteroatoms. The van der Waals surface area contributed by atoms with E-state index in [9.17, 15) is 0 Å². The molecule has 0 aliphatic heterocycles. The molecule has 0 bridgehead atoms. The van der Waals surface area contributed by atoms with Gasteiger partial charge >= 0.3 is 85.6 Å². The molecule has 11 heavy (non-hydrogen) atoms. The average molecular weight is 282 g/mol. The van der Waals surface area contributed by atoms with Crippen molar-refractivity contribution in [3.05, 3.63) is 29.3 Å². The van der Waals surface area contributed by atoms with E-state index in [0.717, 1.165) is 22.8 Å². The van der Waals surface area contributed by atoms with Crippen LogP contribution in [0.1, 0.15) is 0 Å². The van der Waals surface area contributed by atoms with Crippen LogP contribution in [-0.2, 0) is 17.3 Å². The predicted molar refractivity (Wildman–Crippen MR) is 43.4 cm³/mol. The topological polar surface area (TPSA) is 12.9 Å². The van der Waals surface area contributed by atoms with E-state index in [1.807, 2.05) is 18.2 Å². The summed E-state index contributed by atoms with van der Waals surface area (Å²) in [6.07, 6.45) is 0. The van der Waals surface area contributed by atoms with E-state index < -0.39 is 0 Å². The summed E-state index contributed by atoms with van der Waals surface area (Å²) in [5.41, 5.74) is 1.11. The van der Waals surface area contributed by atoms with Crippen LogP contribution in [0.2, 0.25) is 0 Å². The van der Waals surface area contributed by atoms with Gasteiger partial charge in [0.2, 0.25) is 0 Å². The Morgan fingerprint density at radius 3 is 2.82 bits per heavy atom. The molecule has 2 rings (SSSR count). The van der Waals surface area contributed by atoms with Crippen molar-refractivity contribution in [1.29, 1.82) is 0 Å². The molecule has 0 amide bonds. The Hall–Kier alpha value is 0.323. The third-order valence-corrected chi connectivity index (χ3v) is 2.76. The molecule has 1 aromatic heterocycles. The van der Waals surface area contributed by atoms with E-state index in [2.05, 4.69) is 16.1 Å². The molecule has 0 aliphatic carbocycles. The number of nitrogens with zero attached hydrogens (tertiary/aromatic N) is 1. The fourth-order valence-corrected chi connectivity index (χ4v) is 2.03. The van der Waals surface area contributed by atoms with Gasteiger partial charge in [0.25, 0.3) is 0 Å². The van der Waals surface area contributed by atoms with Crippen LogP contribution in [0.15, 0.2) is 24.3 Å². The zero-order valence-corrected chi connectivity index (χ0v) is 11.2. The normalized spacial score (nSPS) is 9.00. The monoisotopic (exact) mass is 281 g/mol. The van der Waals surface area contributed by atoms with Gasteiger partial charge in [-0.2, -0.15) is 0 Å². The maximum absolute atomic E-state index is 4.76. The van der Waals surface area contributed by atoms with Gasteiger partial charge in [-0.15, -0.1) is 0 Å². The molecule has 2 aromatic rings. The van der Waals surface area contributed by atoms with Crippen molar-refractivity contribution in [2.45, 2.75) is 0 Å². The molecular formula is C7H4ClNSeZn. The van der Waals surface area contributed by atoms with Crippen molar-refractivity contribution in [2.75, 3.05) is 0 Å². The summed E-state index contributed by atoms with van der Waals surface area (Å²) in [4.78, 5) is 4.08. The second-order valence-corrected chi connectivity index (χ2v) is 3.51. The van der Waals surface area contributed by atoms with Gasteiger partial charge in [-0.3, -0.25) is 0 Å². The summed E-state index contributed by atoms with van der Waals surface area (Å²) in [5, 5.41) is 2.98. The van der Waals surface area contributed by atoms with Crippen LogP contribution in [0, 0.1) is 5.07 Å². The van der Waals surface area contributed by atoms with Crippen LogP contribution >= 0.6 is 9.69 Å². The summed E-state index contributed by atoms with van der Waals surface area (Å²) in [6.45, 7) is 0. The molecule has 52 valence electrons. The molecule has 1 nitrogen and oxygen atoms in total. The minimum absolute atomic E-state index is 0.386. The van der Waals surface area contributed by atoms with Crippen molar-refractivity contribution in [3.63, 3.8) is 0 Å². The van der Waals surface area contributed by atoms with Crippen molar-refractivity contribution in [3.8, 4) is 0 Å². The number of fused-ring (bicyclic) bond motifs is 1. The number of benzene rings is 1. The fourth-order valence-electron chi connectivity index (χ4n) is 0.757. The van der Waals surface area contributed by atoms with Crippen LogP contribution in [0.4, 0.5) is 0 Å². The first-order valence-corrected chi connectivity index (χ1v) is 8.56. The summed E-state index contributed by atoms with van der Waals surface area (Å²) >= 11 is 1.23. The van der Waals surface area contributed by atoms with Crippen LogP contribution in [0.5, 0.6) is 0 Å². The SMILES string of the molecule is [Cl][Zn+].[c-]1nc2ccccc2[se]1.